The molecule has 2 aromatic carbocycles. The molecule has 12 nitrogen and oxygen atoms in total. The molecule has 2 aromatic rings. The third-order valence-corrected chi connectivity index (χ3v) is 10.0. The number of carbonyl (C=O) groups is 5. The van der Waals surface area contributed by atoms with E-state index >= 15 is 0 Å². The first-order valence-corrected chi connectivity index (χ1v) is 16.2. The van der Waals surface area contributed by atoms with Crippen LogP contribution in [0.25, 0.3) is 6.08 Å². The number of esters is 5. The van der Waals surface area contributed by atoms with Gasteiger partial charge in [0.2, 0.25) is 0 Å². The van der Waals surface area contributed by atoms with Gasteiger partial charge in [-0.05, 0) is 56.9 Å². The zero-order valence-electron chi connectivity index (χ0n) is 28.2. The van der Waals surface area contributed by atoms with Crippen molar-refractivity contribution < 1.29 is 57.5 Å². The lowest BCUT2D eigenvalue weighted by Gasteiger charge is -2.64. The summed E-state index contributed by atoms with van der Waals surface area (Å²) in [6.45, 7) is 5.86. The molecule has 1 saturated heterocycles. The molecule has 3 aliphatic rings. The lowest BCUT2D eigenvalue weighted by Crippen LogP contribution is -2.81. The number of aliphatic hydroxyl groups is 1. The van der Waals surface area contributed by atoms with E-state index in [2.05, 4.69) is 0 Å². The van der Waals surface area contributed by atoms with Crippen LogP contribution >= 0.6 is 0 Å². The second-order valence-corrected chi connectivity index (χ2v) is 13.4. The van der Waals surface area contributed by atoms with Gasteiger partial charge in [-0.15, -0.1) is 0 Å². The molecule has 3 fully saturated rings. The Morgan fingerprint density at radius 2 is 1.45 bits per heavy atom. The van der Waals surface area contributed by atoms with E-state index in [4.69, 9.17) is 28.4 Å². The monoisotopic (exact) mass is 678 g/mol. The van der Waals surface area contributed by atoms with Crippen molar-refractivity contribution in [3.8, 4) is 0 Å². The van der Waals surface area contributed by atoms with Crippen molar-refractivity contribution in [2.24, 2.45) is 11.3 Å². The standard InChI is InChI=1S/C37H42O12/c1-23(38)44-22-36-29(46-24(2)39)18-19-35(5,43)37(36)32(47-25(3)40)28(20-30(36)48-31(41)17-16-26-12-8-6-9-13-26)34(4,49-37)21-45-33(42)27-14-10-7-11-15-27/h6-17,28-30,32,43H,18-22H2,1-5H3/b17-16+/t28-,29+,30+,32-,34?,35+,36+,37+/m1/s1. The van der Waals surface area contributed by atoms with Gasteiger partial charge < -0.3 is 33.5 Å². The van der Waals surface area contributed by atoms with Crippen LogP contribution in [0, 0.1) is 11.3 Å². The van der Waals surface area contributed by atoms with Gasteiger partial charge in [-0.1, -0.05) is 48.5 Å². The minimum Gasteiger partial charge on any atom is -0.465 e. The molecule has 1 spiro atoms. The minimum atomic E-state index is -2.01. The number of fused-ring (bicyclic) bond motifs is 1. The van der Waals surface area contributed by atoms with Crippen LogP contribution in [0.5, 0.6) is 0 Å². The fourth-order valence-corrected chi connectivity index (χ4v) is 8.02. The summed E-state index contributed by atoms with van der Waals surface area (Å²) < 4.78 is 36.5. The summed E-state index contributed by atoms with van der Waals surface area (Å²) >= 11 is 0. The number of rotatable bonds is 10. The SMILES string of the molecule is CC(=O)OC[C@@]12[C@@H](OC(C)=O)CC[C@](C)(O)[C@]13OC(C)(COC(=O)c1ccccc1)[C@H](C[C@@H]2OC(=O)/C=C/c1ccccc1)[C@H]3OC(C)=O. The normalized spacial score (nSPS) is 33.2. The molecular weight excluding hydrogens is 636 g/mol. The Bertz CT molecular complexity index is 1600. The van der Waals surface area contributed by atoms with Crippen molar-refractivity contribution in [3.05, 3.63) is 77.9 Å². The first-order chi connectivity index (χ1) is 23.1. The zero-order valence-corrected chi connectivity index (χ0v) is 28.2. The minimum absolute atomic E-state index is 0.00822. The Morgan fingerprint density at radius 1 is 0.816 bits per heavy atom. The van der Waals surface area contributed by atoms with Crippen LogP contribution in [0.4, 0.5) is 0 Å². The van der Waals surface area contributed by atoms with E-state index in [1.54, 1.807) is 55.5 Å². The van der Waals surface area contributed by atoms with Crippen LogP contribution in [0.15, 0.2) is 66.7 Å². The van der Waals surface area contributed by atoms with Crippen LogP contribution in [0.2, 0.25) is 0 Å². The summed E-state index contributed by atoms with van der Waals surface area (Å²) in [5.74, 6) is -4.31. The first kappa shape index (κ1) is 35.7. The van der Waals surface area contributed by atoms with Gasteiger partial charge in [0.1, 0.15) is 42.5 Å². The molecule has 1 unspecified atom stereocenters. The van der Waals surface area contributed by atoms with E-state index in [1.165, 1.54) is 33.8 Å². The van der Waals surface area contributed by atoms with Gasteiger partial charge in [-0.2, -0.15) is 0 Å². The summed E-state index contributed by atoms with van der Waals surface area (Å²) in [7, 11) is 0. The first-order valence-electron chi connectivity index (χ1n) is 16.2. The lowest BCUT2D eigenvalue weighted by molar-refractivity contribution is -0.343. The van der Waals surface area contributed by atoms with E-state index in [9.17, 15) is 29.1 Å². The molecule has 49 heavy (non-hydrogen) atoms. The topological polar surface area (TPSA) is 161 Å². The lowest BCUT2D eigenvalue weighted by atomic mass is 9.47. The van der Waals surface area contributed by atoms with E-state index in [-0.39, 0.29) is 25.9 Å². The van der Waals surface area contributed by atoms with E-state index < -0.39 is 82.9 Å². The largest absolute Gasteiger partial charge is 0.465 e. The number of hydrogen-bond acceptors (Lipinski definition) is 12. The number of ether oxygens (including phenoxy) is 6. The molecule has 2 saturated carbocycles. The molecule has 0 amide bonds. The molecule has 2 bridgehead atoms. The second-order valence-electron chi connectivity index (χ2n) is 13.4. The Balaban J connectivity index is 1.66. The van der Waals surface area contributed by atoms with Gasteiger partial charge in [0.15, 0.2) is 5.60 Å². The van der Waals surface area contributed by atoms with Crippen molar-refractivity contribution in [3.63, 3.8) is 0 Å². The Labute approximate surface area is 284 Å². The maximum absolute atomic E-state index is 13.6. The maximum atomic E-state index is 13.6. The summed E-state index contributed by atoms with van der Waals surface area (Å²) in [4.78, 5) is 64.5. The van der Waals surface area contributed by atoms with Gasteiger partial charge in [-0.25, -0.2) is 9.59 Å². The van der Waals surface area contributed by atoms with Gasteiger partial charge in [-0.3, -0.25) is 14.4 Å². The maximum Gasteiger partial charge on any atom is 0.338 e. The Kier molecular flexibility index (Phi) is 10.0. The van der Waals surface area contributed by atoms with Gasteiger partial charge in [0, 0.05) is 32.8 Å². The predicted octanol–water partition coefficient (Wildman–Crippen LogP) is 3.97. The fraction of sp³-hybridized carbons (Fsp3) is 0.486. The van der Waals surface area contributed by atoms with E-state index in [1.807, 2.05) is 18.2 Å². The average Bonchev–Trinajstić information content (AvgIpc) is 3.23. The zero-order chi connectivity index (χ0) is 35.6. The molecule has 0 aromatic heterocycles. The Hall–Kier alpha value is -4.55. The molecule has 1 heterocycles. The predicted molar refractivity (Wildman–Crippen MR) is 172 cm³/mol. The summed E-state index contributed by atoms with van der Waals surface area (Å²) in [6, 6.07) is 17.4. The van der Waals surface area contributed by atoms with Crippen molar-refractivity contribution in [2.45, 2.75) is 89.0 Å². The van der Waals surface area contributed by atoms with Crippen molar-refractivity contribution in [1.29, 1.82) is 0 Å². The third kappa shape index (κ3) is 6.59. The van der Waals surface area contributed by atoms with Crippen LogP contribution < -0.4 is 0 Å². The number of carbonyl (C=O) groups excluding carboxylic acids is 5. The molecule has 0 radical (unpaired) electrons. The molecule has 5 rings (SSSR count). The fourth-order valence-electron chi connectivity index (χ4n) is 8.02. The highest BCUT2D eigenvalue weighted by atomic mass is 16.6. The van der Waals surface area contributed by atoms with Crippen LogP contribution in [0.3, 0.4) is 0 Å². The van der Waals surface area contributed by atoms with Crippen molar-refractivity contribution in [1.82, 2.24) is 0 Å². The number of hydrogen-bond donors (Lipinski definition) is 1. The van der Waals surface area contributed by atoms with Crippen LogP contribution in [0.1, 0.15) is 69.8 Å². The van der Waals surface area contributed by atoms with E-state index in [0.717, 1.165) is 5.56 Å². The molecule has 262 valence electrons. The molecule has 1 aliphatic heterocycles. The van der Waals surface area contributed by atoms with Crippen LogP contribution in [-0.4, -0.2) is 83.3 Å². The quantitative estimate of drug-likeness (QED) is 0.219. The molecule has 1 N–H and O–H groups in total. The molecular formula is C37H42O12. The van der Waals surface area contributed by atoms with Crippen molar-refractivity contribution >= 4 is 35.9 Å². The summed E-state index contributed by atoms with van der Waals surface area (Å²) in [5, 5.41) is 12.4. The molecule has 2 aliphatic carbocycles. The Morgan fingerprint density at radius 3 is 2.06 bits per heavy atom. The number of benzene rings is 2. The smallest absolute Gasteiger partial charge is 0.338 e. The highest BCUT2D eigenvalue weighted by Gasteiger charge is 2.85. The summed E-state index contributed by atoms with van der Waals surface area (Å²) in [5.41, 5.74) is -6.09. The highest BCUT2D eigenvalue weighted by molar-refractivity contribution is 5.89. The second kappa shape index (κ2) is 13.8. The highest BCUT2D eigenvalue weighted by Crippen LogP contribution is 2.69. The van der Waals surface area contributed by atoms with Gasteiger partial charge in [0.05, 0.1) is 11.2 Å². The molecule has 8 atom stereocenters. The van der Waals surface area contributed by atoms with E-state index in [0.29, 0.717) is 5.56 Å². The van der Waals surface area contributed by atoms with Crippen molar-refractivity contribution in [2.75, 3.05) is 13.2 Å². The van der Waals surface area contributed by atoms with Gasteiger partial charge in [0.25, 0.3) is 0 Å². The average molecular weight is 679 g/mol. The van der Waals surface area contributed by atoms with Crippen LogP contribution in [-0.2, 0) is 47.6 Å². The molecule has 12 heteroatoms. The van der Waals surface area contributed by atoms with Gasteiger partial charge >= 0.3 is 29.8 Å². The summed E-state index contributed by atoms with van der Waals surface area (Å²) in [6.07, 6.45) is -0.822. The third-order valence-electron chi connectivity index (χ3n) is 10.0.